The van der Waals surface area contributed by atoms with E-state index < -0.39 is 11.6 Å². The first kappa shape index (κ1) is 22.9. The van der Waals surface area contributed by atoms with Crippen LogP contribution < -0.4 is 16.8 Å². The van der Waals surface area contributed by atoms with E-state index in [-0.39, 0.29) is 28.8 Å². The molecule has 164 valence electrons. The third-order valence-corrected chi connectivity index (χ3v) is 4.96. The van der Waals surface area contributed by atoms with E-state index in [0.717, 1.165) is 6.54 Å². The second kappa shape index (κ2) is 9.55. The van der Waals surface area contributed by atoms with E-state index in [4.69, 9.17) is 23.1 Å². The van der Waals surface area contributed by atoms with Crippen LogP contribution in [0.2, 0.25) is 5.02 Å². The predicted molar refractivity (Wildman–Crippen MR) is 122 cm³/mol. The fraction of sp³-hybridized carbons (Fsp3) is 0.273. The fourth-order valence-corrected chi connectivity index (χ4v) is 3.35. The molecular weight excluding hydrogens is 422 g/mol. The number of nitrogens with zero attached hydrogens (tertiary/aromatic N) is 3. The van der Waals surface area contributed by atoms with Crippen LogP contribution in [0.4, 0.5) is 20.4 Å². The van der Waals surface area contributed by atoms with Crippen molar-refractivity contribution in [2.45, 2.75) is 13.0 Å². The minimum Gasteiger partial charge on any atom is -0.383 e. The van der Waals surface area contributed by atoms with Crippen LogP contribution in [0.5, 0.6) is 0 Å². The Balaban J connectivity index is 2.01. The van der Waals surface area contributed by atoms with Gasteiger partial charge in [-0.3, -0.25) is 0 Å². The molecule has 0 saturated carbocycles. The Hall–Kier alpha value is -2.81. The van der Waals surface area contributed by atoms with E-state index >= 15 is 0 Å². The number of hydrogen-bond acceptors (Lipinski definition) is 6. The molecule has 5 N–H and O–H groups in total. The number of anilines is 2. The van der Waals surface area contributed by atoms with Crippen LogP contribution in [-0.2, 0) is 0 Å². The van der Waals surface area contributed by atoms with Gasteiger partial charge in [0.15, 0.2) is 5.82 Å². The van der Waals surface area contributed by atoms with Crippen molar-refractivity contribution < 1.29 is 8.78 Å². The van der Waals surface area contributed by atoms with E-state index in [2.05, 4.69) is 15.3 Å². The van der Waals surface area contributed by atoms with Gasteiger partial charge in [-0.15, -0.1) is 0 Å². The number of benzene rings is 2. The van der Waals surface area contributed by atoms with Crippen LogP contribution in [0.3, 0.4) is 0 Å². The van der Waals surface area contributed by atoms with Crippen molar-refractivity contribution in [2.24, 2.45) is 5.73 Å². The number of nitrogens with two attached hydrogens (primary N) is 2. The predicted octanol–water partition coefficient (Wildman–Crippen LogP) is 4.32. The van der Waals surface area contributed by atoms with Crippen LogP contribution in [0.25, 0.3) is 22.5 Å². The van der Waals surface area contributed by atoms with E-state index in [1.54, 1.807) is 13.0 Å². The minimum atomic E-state index is -0.626. The summed E-state index contributed by atoms with van der Waals surface area (Å²) in [5, 5.41) is 3.55. The molecule has 0 fully saturated rings. The summed E-state index contributed by atoms with van der Waals surface area (Å²) >= 11 is 5.94. The average molecular weight is 447 g/mol. The van der Waals surface area contributed by atoms with Crippen LogP contribution in [0.15, 0.2) is 36.4 Å². The van der Waals surface area contributed by atoms with Gasteiger partial charge in [0.2, 0.25) is 0 Å². The smallest absolute Gasteiger partial charge is 0.163 e. The fourth-order valence-electron chi connectivity index (χ4n) is 3.17. The molecule has 31 heavy (non-hydrogen) atoms. The number of rotatable bonds is 7. The van der Waals surface area contributed by atoms with Gasteiger partial charge >= 0.3 is 0 Å². The summed E-state index contributed by atoms with van der Waals surface area (Å²) in [5.41, 5.74) is 13.4. The molecule has 3 rings (SSSR count). The van der Waals surface area contributed by atoms with E-state index in [1.807, 2.05) is 19.0 Å². The summed E-state index contributed by atoms with van der Waals surface area (Å²) in [6.45, 7) is 3.18. The van der Waals surface area contributed by atoms with Gasteiger partial charge in [0.25, 0.3) is 0 Å². The highest BCUT2D eigenvalue weighted by Crippen LogP contribution is 2.32. The first-order valence-corrected chi connectivity index (χ1v) is 10.1. The van der Waals surface area contributed by atoms with Crippen LogP contribution in [-0.4, -0.2) is 42.1 Å². The van der Waals surface area contributed by atoms with Crippen molar-refractivity contribution in [3.05, 3.63) is 58.6 Å². The van der Waals surface area contributed by atoms with Gasteiger partial charge in [0.1, 0.15) is 23.3 Å². The number of halogens is 3. The third kappa shape index (κ3) is 5.28. The lowest BCUT2D eigenvalue weighted by Crippen LogP contribution is -2.23. The van der Waals surface area contributed by atoms with Gasteiger partial charge < -0.3 is 21.7 Å². The molecular formula is C22H25ClF2N6. The number of nitrogen functional groups attached to an aromatic ring is 1. The zero-order chi connectivity index (χ0) is 22.7. The first-order valence-electron chi connectivity index (χ1n) is 9.74. The summed E-state index contributed by atoms with van der Waals surface area (Å²) in [6, 6.07) is 7.94. The Morgan fingerprint density at radius 2 is 1.81 bits per heavy atom. The zero-order valence-electron chi connectivity index (χ0n) is 17.6. The molecule has 1 heterocycles. The Morgan fingerprint density at radius 3 is 2.45 bits per heavy atom. The largest absolute Gasteiger partial charge is 0.383 e. The maximum absolute atomic E-state index is 14.9. The Morgan fingerprint density at radius 1 is 1.06 bits per heavy atom. The molecule has 6 nitrogen and oxygen atoms in total. The molecule has 1 aromatic heterocycles. The van der Waals surface area contributed by atoms with Crippen molar-refractivity contribution in [2.75, 3.05) is 38.2 Å². The Kier molecular flexibility index (Phi) is 7.04. The Bertz CT molecular complexity index is 1090. The maximum atomic E-state index is 14.9. The van der Waals surface area contributed by atoms with Crippen molar-refractivity contribution in [1.82, 2.24) is 14.9 Å². The standard InChI is InChI=1S/C22H25ClF2N6/c1-12(26)19-20(27)29-21(30-22(19)28-8-9-31(2)3)13-4-6-15(18(25)10-13)16-11-14(23)5-7-17(16)24/h4-7,10-12H,8-9,26H2,1-3H3,(H3,27,28,29,30). The molecule has 0 amide bonds. The maximum Gasteiger partial charge on any atom is 0.163 e. The number of nitrogens with one attached hydrogen (secondary N) is 1. The highest BCUT2D eigenvalue weighted by Gasteiger charge is 2.18. The van der Waals surface area contributed by atoms with Crippen molar-refractivity contribution in [3.63, 3.8) is 0 Å². The first-order chi connectivity index (χ1) is 14.7. The van der Waals surface area contributed by atoms with Crippen molar-refractivity contribution in [3.8, 4) is 22.5 Å². The van der Waals surface area contributed by atoms with Crippen LogP contribution >= 0.6 is 11.6 Å². The molecule has 9 heteroatoms. The van der Waals surface area contributed by atoms with Crippen molar-refractivity contribution in [1.29, 1.82) is 0 Å². The lowest BCUT2D eigenvalue weighted by atomic mass is 10.0. The highest BCUT2D eigenvalue weighted by molar-refractivity contribution is 6.30. The Labute approximate surface area is 185 Å². The van der Waals surface area contributed by atoms with E-state index in [0.29, 0.717) is 28.5 Å². The molecule has 0 bridgehead atoms. The minimum absolute atomic E-state index is 0.0790. The van der Waals surface area contributed by atoms with Crippen LogP contribution in [0.1, 0.15) is 18.5 Å². The second-order valence-corrected chi connectivity index (χ2v) is 7.97. The monoisotopic (exact) mass is 446 g/mol. The quantitative estimate of drug-likeness (QED) is 0.500. The summed E-state index contributed by atoms with van der Waals surface area (Å²) < 4.78 is 29.1. The molecule has 3 aromatic rings. The molecule has 0 radical (unpaired) electrons. The molecule has 0 spiro atoms. The van der Waals surface area contributed by atoms with E-state index in [9.17, 15) is 8.78 Å². The van der Waals surface area contributed by atoms with Gasteiger partial charge in [0, 0.05) is 40.8 Å². The van der Waals surface area contributed by atoms with Crippen molar-refractivity contribution >= 4 is 23.2 Å². The molecule has 0 aliphatic heterocycles. The molecule has 2 aromatic carbocycles. The van der Waals surface area contributed by atoms with Crippen LogP contribution in [0, 0.1) is 11.6 Å². The summed E-state index contributed by atoms with van der Waals surface area (Å²) in [5.74, 6) is -0.224. The molecule has 0 saturated heterocycles. The van der Waals surface area contributed by atoms with Gasteiger partial charge in [0.05, 0.1) is 5.56 Å². The highest BCUT2D eigenvalue weighted by atomic mass is 35.5. The summed E-state index contributed by atoms with van der Waals surface area (Å²) in [4.78, 5) is 10.9. The van der Waals surface area contributed by atoms with Gasteiger partial charge in [-0.05, 0) is 45.3 Å². The number of likely N-dealkylation sites (N-methyl/N-ethyl adjacent to an activating group) is 1. The average Bonchev–Trinajstić information content (AvgIpc) is 2.69. The third-order valence-electron chi connectivity index (χ3n) is 4.73. The second-order valence-electron chi connectivity index (χ2n) is 7.53. The van der Waals surface area contributed by atoms with E-state index in [1.165, 1.54) is 30.3 Å². The van der Waals surface area contributed by atoms with Gasteiger partial charge in [-0.25, -0.2) is 18.7 Å². The lowest BCUT2D eigenvalue weighted by Gasteiger charge is -2.18. The molecule has 0 aliphatic rings. The number of aromatic nitrogens is 2. The molecule has 0 aliphatic carbocycles. The normalized spacial score (nSPS) is 12.3. The molecule has 1 unspecified atom stereocenters. The molecule has 1 atom stereocenters. The number of hydrogen-bond donors (Lipinski definition) is 3. The summed E-state index contributed by atoms with van der Waals surface area (Å²) in [6.07, 6.45) is 0. The zero-order valence-corrected chi connectivity index (χ0v) is 18.3. The topological polar surface area (TPSA) is 93.1 Å². The SMILES string of the molecule is CC(N)c1c(N)nc(-c2ccc(-c3cc(Cl)ccc3F)c(F)c2)nc1NCCN(C)C. The lowest BCUT2D eigenvalue weighted by molar-refractivity contribution is 0.425. The summed E-state index contributed by atoms with van der Waals surface area (Å²) in [7, 11) is 3.92. The van der Waals surface area contributed by atoms with Gasteiger partial charge in [-0.2, -0.15) is 0 Å². The van der Waals surface area contributed by atoms with Gasteiger partial charge in [-0.1, -0.05) is 23.7 Å².